The molecule has 5 heteroatoms. The SMILES string of the molecule is COC(=O)C(C)CN(CCCO)C(=O)C1CCC1. The summed E-state index contributed by atoms with van der Waals surface area (Å²) in [5.41, 5.74) is 0. The maximum Gasteiger partial charge on any atom is 0.310 e. The highest BCUT2D eigenvalue weighted by atomic mass is 16.5. The van der Waals surface area contributed by atoms with Crippen molar-refractivity contribution >= 4 is 11.9 Å². The second-order valence-corrected chi connectivity index (χ2v) is 4.91. The largest absolute Gasteiger partial charge is 0.469 e. The summed E-state index contributed by atoms with van der Waals surface area (Å²) in [5, 5.41) is 8.87. The zero-order valence-corrected chi connectivity index (χ0v) is 11.2. The van der Waals surface area contributed by atoms with Crippen molar-refractivity contribution in [3.63, 3.8) is 0 Å². The molecule has 1 amide bonds. The van der Waals surface area contributed by atoms with Gasteiger partial charge in [-0.1, -0.05) is 13.3 Å². The molecule has 104 valence electrons. The van der Waals surface area contributed by atoms with Crippen LogP contribution in [0, 0.1) is 11.8 Å². The van der Waals surface area contributed by atoms with Crippen molar-refractivity contribution in [2.75, 3.05) is 26.8 Å². The average Bonchev–Trinajstić information content (AvgIpc) is 2.30. The summed E-state index contributed by atoms with van der Waals surface area (Å²) >= 11 is 0. The highest BCUT2D eigenvalue weighted by molar-refractivity contribution is 5.80. The Hall–Kier alpha value is -1.10. The first-order valence-corrected chi connectivity index (χ1v) is 6.57. The van der Waals surface area contributed by atoms with Crippen LogP contribution in [0.1, 0.15) is 32.6 Å². The molecule has 0 aromatic heterocycles. The number of rotatable bonds is 7. The van der Waals surface area contributed by atoms with Crippen LogP contribution in [0.3, 0.4) is 0 Å². The molecule has 1 atom stereocenters. The van der Waals surface area contributed by atoms with Crippen LogP contribution < -0.4 is 0 Å². The Morgan fingerprint density at radius 3 is 2.56 bits per heavy atom. The van der Waals surface area contributed by atoms with Crippen molar-refractivity contribution in [1.29, 1.82) is 0 Å². The van der Waals surface area contributed by atoms with Crippen molar-refractivity contribution in [2.45, 2.75) is 32.6 Å². The van der Waals surface area contributed by atoms with E-state index in [0.29, 0.717) is 19.5 Å². The Balaban J connectivity index is 2.53. The Labute approximate surface area is 108 Å². The predicted molar refractivity (Wildman–Crippen MR) is 66.8 cm³/mol. The number of esters is 1. The van der Waals surface area contributed by atoms with E-state index in [4.69, 9.17) is 5.11 Å². The number of aliphatic hydroxyl groups excluding tert-OH is 1. The lowest BCUT2D eigenvalue weighted by atomic mass is 9.84. The summed E-state index contributed by atoms with van der Waals surface area (Å²) < 4.78 is 4.67. The topological polar surface area (TPSA) is 66.8 Å². The van der Waals surface area contributed by atoms with Gasteiger partial charge < -0.3 is 14.7 Å². The Kier molecular flexibility index (Phi) is 6.12. The summed E-state index contributed by atoms with van der Waals surface area (Å²) in [4.78, 5) is 25.3. The number of aliphatic hydroxyl groups is 1. The average molecular weight is 257 g/mol. The summed E-state index contributed by atoms with van der Waals surface area (Å²) in [6, 6.07) is 0. The molecule has 0 heterocycles. The van der Waals surface area contributed by atoms with Crippen molar-refractivity contribution in [3.05, 3.63) is 0 Å². The number of hydrogen-bond acceptors (Lipinski definition) is 4. The normalized spacial score (nSPS) is 16.8. The number of carbonyl (C=O) groups excluding carboxylic acids is 2. The fourth-order valence-corrected chi connectivity index (χ4v) is 2.07. The van der Waals surface area contributed by atoms with Crippen LogP contribution in [0.25, 0.3) is 0 Å². The third kappa shape index (κ3) is 3.98. The molecule has 0 spiro atoms. The lowest BCUT2D eigenvalue weighted by Crippen LogP contribution is -2.43. The molecule has 1 saturated carbocycles. The fourth-order valence-electron chi connectivity index (χ4n) is 2.07. The molecule has 0 saturated heterocycles. The molecular weight excluding hydrogens is 234 g/mol. The monoisotopic (exact) mass is 257 g/mol. The molecule has 18 heavy (non-hydrogen) atoms. The second-order valence-electron chi connectivity index (χ2n) is 4.91. The molecule has 0 aliphatic heterocycles. The molecule has 0 aromatic carbocycles. The highest BCUT2D eigenvalue weighted by Crippen LogP contribution is 2.28. The summed E-state index contributed by atoms with van der Waals surface area (Å²) in [7, 11) is 1.35. The summed E-state index contributed by atoms with van der Waals surface area (Å²) in [6.45, 7) is 2.70. The maximum absolute atomic E-state index is 12.2. The van der Waals surface area contributed by atoms with E-state index in [2.05, 4.69) is 4.74 Å². The minimum absolute atomic E-state index is 0.0566. The first-order chi connectivity index (χ1) is 8.60. The van der Waals surface area contributed by atoms with Gasteiger partial charge in [0, 0.05) is 25.6 Å². The van der Waals surface area contributed by atoms with Gasteiger partial charge in [0.15, 0.2) is 0 Å². The van der Waals surface area contributed by atoms with E-state index in [9.17, 15) is 9.59 Å². The van der Waals surface area contributed by atoms with E-state index in [1.807, 2.05) is 0 Å². The molecule has 0 aromatic rings. The number of amides is 1. The van der Waals surface area contributed by atoms with E-state index in [1.54, 1.807) is 11.8 Å². The molecule has 1 N–H and O–H groups in total. The second kappa shape index (κ2) is 7.36. The first kappa shape index (κ1) is 15.0. The molecule has 1 aliphatic rings. The van der Waals surface area contributed by atoms with E-state index in [1.165, 1.54) is 7.11 Å². The fraction of sp³-hybridized carbons (Fsp3) is 0.846. The quantitative estimate of drug-likeness (QED) is 0.685. The van der Waals surface area contributed by atoms with Crippen LogP contribution in [0.2, 0.25) is 0 Å². The van der Waals surface area contributed by atoms with Crippen LogP contribution >= 0.6 is 0 Å². The number of ether oxygens (including phenoxy) is 1. The molecule has 5 nitrogen and oxygen atoms in total. The Morgan fingerprint density at radius 2 is 2.11 bits per heavy atom. The van der Waals surface area contributed by atoms with Crippen molar-refractivity contribution in [3.8, 4) is 0 Å². The zero-order chi connectivity index (χ0) is 13.5. The smallest absolute Gasteiger partial charge is 0.310 e. The van der Waals surface area contributed by atoms with Gasteiger partial charge in [0.25, 0.3) is 0 Å². The Morgan fingerprint density at radius 1 is 1.44 bits per heavy atom. The minimum Gasteiger partial charge on any atom is -0.469 e. The van der Waals surface area contributed by atoms with Gasteiger partial charge in [-0.15, -0.1) is 0 Å². The Bertz CT molecular complexity index is 289. The van der Waals surface area contributed by atoms with Crippen LogP contribution in [-0.4, -0.2) is 48.7 Å². The number of hydrogen-bond donors (Lipinski definition) is 1. The third-order valence-corrected chi connectivity index (χ3v) is 3.45. The minimum atomic E-state index is -0.322. The van der Waals surface area contributed by atoms with E-state index < -0.39 is 0 Å². The molecule has 0 radical (unpaired) electrons. The van der Waals surface area contributed by atoms with Gasteiger partial charge in [0.2, 0.25) is 5.91 Å². The van der Waals surface area contributed by atoms with Crippen molar-refractivity contribution < 1.29 is 19.4 Å². The van der Waals surface area contributed by atoms with Gasteiger partial charge in [-0.25, -0.2) is 0 Å². The van der Waals surface area contributed by atoms with Gasteiger partial charge in [-0.05, 0) is 19.3 Å². The molecule has 0 bridgehead atoms. The van der Waals surface area contributed by atoms with Crippen molar-refractivity contribution in [1.82, 2.24) is 4.90 Å². The van der Waals surface area contributed by atoms with Gasteiger partial charge >= 0.3 is 5.97 Å². The van der Waals surface area contributed by atoms with Crippen LogP contribution in [-0.2, 0) is 14.3 Å². The number of nitrogens with zero attached hydrogens (tertiary/aromatic N) is 1. The third-order valence-electron chi connectivity index (χ3n) is 3.45. The summed E-state index contributed by atoms with van der Waals surface area (Å²) in [6.07, 6.45) is 3.55. The van der Waals surface area contributed by atoms with Crippen molar-refractivity contribution in [2.24, 2.45) is 11.8 Å². The van der Waals surface area contributed by atoms with E-state index >= 15 is 0 Å². The number of carbonyl (C=O) groups is 2. The zero-order valence-electron chi connectivity index (χ0n) is 11.2. The van der Waals surface area contributed by atoms with E-state index in [-0.39, 0.29) is 30.3 Å². The molecule has 1 aliphatic carbocycles. The van der Waals surface area contributed by atoms with E-state index in [0.717, 1.165) is 19.3 Å². The van der Waals surface area contributed by atoms with Crippen LogP contribution in [0.15, 0.2) is 0 Å². The van der Waals surface area contributed by atoms with Gasteiger partial charge in [0.05, 0.1) is 13.0 Å². The molecule has 1 rings (SSSR count). The highest BCUT2D eigenvalue weighted by Gasteiger charge is 2.30. The molecule has 1 unspecified atom stereocenters. The van der Waals surface area contributed by atoms with Gasteiger partial charge in [0.1, 0.15) is 0 Å². The van der Waals surface area contributed by atoms with Gasteiger partial charge in [-0.3, -0.25) is 9.59 Å². The predicted octanol–water partition coefficient (Wildman–Crippen LogP) is 0.807. The lowest BCUT2D eigenvalue weighted by molar-refractivity contribution is -0.147. The van der Waals surface area contributed by atoms with Gasteiger partial charge in [-0.2, -0.15) is 0 Å². The lowest BCUT2D eigenvalue weighted by Gasteiger charge is -2.32. The number of methoxy groups -OCH3 is 1. The van der Waals surface area contributed by atoms with Crippen LogP contribution in [0.4, 0.5) is 0 Å². The van der Waals surface area contributed by atoms with Crippen LogP contribution in [0.5, 0.6) is 0 Å². The maximum atomic E-state index is 12.2. The molecule has 1 fully saturated rings. The first-order valence-electron chi connectivity index (χ1n) is 6.57. The standard InChI is InChI=1S/C13H23NO4/c1-10(13(17)18-2)9-14(7-4-8-15)12(16)11-5-3-6-11/h10-11,15H,3-9H2,1-2H3. The molecular formula is C13H23NO4. The summed E-state index contributed by atoms with van der Waals surface area (Å²) in [5.74, 6) is -0.387.